The van der Waals surface area contributed by atoms with Gasteiger partial charge in [-0.05, 0) is 30.5 Å². The lowest BCUT2D eigenvalue weighted by atomic mass is 10.0. The van der Waals surface area contributed by atoms with Crippen molar-refractivity contribution in [2.24, 2.45) is 5.92 Å². The van der Waals surface area contributed by atoms with Crippen LogP contribution >= 0.6 is 0 Å². The number of fused-ring (bicyclic) bond motifs is 1. The average molecular weight is 290 g/mol. The summed E-state index contributed by atoms with van der Waals surface area (Å²) < 4.78 is 2.06. The average Bonchev–Trinajstić information content (AvgIpc) is 2.77. The van der Waals surface area contributed by atoms with Crippen molar-refractivity contribution in [3.63, 3.8) is 0 Å². The van der Waals surface area contributed by atoms with E-state index in [2.05, 4.69) is 30.3 Å². The highest BCUT2D eigenvalue weighted by Gasteiger charge is 2.21. The van der Waals surface area contributed by atoms with Crippen LogP contribution in [0.4, 0.5) is 0 Å². The van der Waals surface area contributed by atoms with Gasteiger partial charge in [0.1, 0.15) is 5.82 Å². The topological polar surface area (TPSA) is 75.3 Å². The van der Waals surface area contributed by atoms with E-state index in [1.807, 2.05) is 0 Å². The third kappa shape index (κ3) is 2.93. The summed E-state index contributed by atoms with van der Waals surface area (Å²) in [6.07, 6.45) is 1.76. The molecule has 0 fully saturated rings. The highest BCUT2D eigenvalue weighted by atomic mass is 16.4. The highest BCUT2D eigenvalue weighted by Crippen LogP contribution is 2.27. The number of carboxylic acid groups (broad SMARTS) is 1. The van der Waals surface area contributed by atoms with E-state index >= 15 is 0 Å². The lowest BCUT2D eigenvalue weighted by molar-refractivity contribution is 0.0697. The molecular weight excluding hydrogens is 268 g/mol. The first-order valence-corrected chi connectivity index (χ1v) is 7.34. The maximum atomic E-state index is 11.1. The fraction of sp³-hybridized carbons (Fsp3) is 0.500. The van der Waals surface area contributed by atoms with Crippen molar-refractivity contribution < 1.29 is 15.0 Å². The minimum atomic E-state index is -0.953. The molecule has 1 aromatic carbocycles. The number of aromatic carboxylic acids is 1. The Bertz CT molecular complexity index is 646. The molecule has 5 heteroatoms. The second kappa shape index (κ2) is 6.26. The van der Waals surface area contributed by atoms with Crippen molar-refractivity contribution >= 4 is 17.0 Å². The SMILES string of the molecule is CCCc1nc2cc(C(=O)O)ccc2n1C(CO)C(C)C. The van der Waals surface area contributed by atoms with Crippen LogP contribution < -0.4 is 0 Å². The fourth-order valence-electron chi connectivity index (χ4n) is 2.64. The highest BCUT2D eigenvalue weighted by molar-refractivity contribution is 5.92. The van der Waals surface area contributed by atoms with Crippen LogP contribution in [0.2, 0.25) is 0 Å². The Balaban J connectivity index is 2.65. The summed E-state index contributed by atoms with van der Waals surface area (Å²) in [5.74, 6) is 0.219. The van der Waals surface area contributed by atoms with Crippen molar-refractivity contribution in [2.45, 2.75) is 39.7 Å². The van der Waals surface area contributed by atoms with Crippen LogP contribution in [-0.2, 0) is 6.42 Å². The van der Waals surface area contributed by atoms with Crippen LogP contribution in [0.15, 0.2) is 18.2 Å². The van der Waals surface area contributed by atoms with Crippen LogP contribution in [0.1, 0.15) is 49.4 Å². The molecule has 2 aromatic rings. The molecule has 21 heavy (non-hydrogen) atoms. The van der Waals surface area contributed by atoms with E-state index in [0.717, 1.165) is 24.2 Å². The molecular formula is C16H22N2O3. The van der Waals surface area contributed by atoms with Gasteiger partial charge in [0.05, 0.1) is 29.2 Å². The number of carboxylic acids is 1. The number of carbonyl (C=O) groups is 1. The minimum Gasteiger partial charge on any atom is -0.478 e. The Labute approximate surface area is 124 Å². The Morgan fingerprint density at radius 2 is 2.10 bits per heavy atom. The van der Waals surface area contributed by atoms with Gasteiger partial charge in [-0.2, -0.15) is 0 Å². The molecule has 1 unspecified atom stereocenters. The molecule has 1 atom stereocenters. The molecule has 0 saturated heterocycles. The number of hydrogen-bond acceptors (Lipinski definition) is 3. The number of aromatic nitrogens is 2. The van der Waals surface area contributed by atoms with E-state index in [-0.39, 0.29) is 24.1 Å². The standard InChI is InChI=1S/C16H22N2O3/c1-4-5-15-17-12-8-11(16(20)21)6-7-13(12)18(15)14(9-19)10(2)3/h6-8,10,14,19H,4-5,9H2,1-3H3,(H,20,21). The normalized spacial score (nSPS) is 13.0. The van der Waals surface area contributed by atoms with Gasteiger partial charge in [-0.1, -0.05) is 20.8 Å². The van der Waals surface area contributed by atoms with Crippen molar-refractivity contribution in [2.75, 3.05) is 6.61 Å². The van der Waals surface area contributed by atoms with Gasteiger partial charge in [0.2, 0.25) is 0 Å². The molecule has 5 nitrogen and oxygen atoms in total. The molecule has 0 aliphatic heterocycles. The van der Waals surface area contributed by atoms with Gasteiger partial charge in [-0.25, -0.2) is 9.78 Å². The number of nitrogens with zero attached hydrogens (tertiary/aromatic N) is 2. The second-order valence-corrected chi connectivity index (χ2v) is 5.65. The number of imidazole rings is 1. The summed E-state index contributed by atoms with van der Waals surface area (Å²) in [5, 5.41) is 18.8. The van der Waals surface area contributed by atoms with Gasteiger partial charge in [0.15, 0.2) is 0 Å². The van der Waals surface area contributed by atoms with Crippen molar-refractivity contribution in [1.82, 2.24) is 9.55 Å². The van der Waals surface area contributed by atoms with E-state index < -0.39 is 5.97 Å². The van der Waals surface area contributed by atoms with Crippen LogP contribution in [0.5, 0.6) is 0 Å². The van der Waals surface area contributed by atoms with Gasteiger partial charge in [-0.15, -0.1) is 0 Å². The summed E-state index contributed by atoms with van der Waals surface area (Å²) in [6.45, 7) is 6.25. The third-order valence-corrected chi connectivity index (χ3v) is 3.77. The Morgan fingerprint density at radius 1 is 1.38 bits per heavy atom. The Kier molecular flexibility index (Phi) is 4.63. The molecule has 0 radical (unpaired) electrons. The lowest BCUT2D eigenvalue weighted by Gasteiger charge is -2.23. The zero-order chi connectivity index (χ0) is 15.6. The molecule has 114 valence electrons. The third-order valence-electron chi connectivity index (χ3n) is 3.77. The molecule has 2 N–H and O–H groups in total. The first-order chi connectivity index (χ1) is 9.99. The summed E-state index contributed by atoms with van der Waals surface area (Å²) in [5.41, 5.74) is 1.80. The van der Waals surface area contributed by atoms with E-state index in [9.17, 15) is 9.90 Å². The zero-order valence-corrected chi connectivity index (χ0v) is 12.7. The van der Waals surface area contributed by atoms with Gasteiger partial charge >= 0.3 is 5.97 Å². The number of benzene rings is 1. The maximum absolute atomic E-state index is 11.1. The number of aliphatic hydroxyl groups is 1. The number of rotatable bonds is 6. The number of aliphatic hydroxyl groups excluding tert-OH is 1. The first kappa shape index (κ1) is 15.5. The van der Waals surface area contributed by atoms with Crippen LogP contribution in [0.3, 0.4) is 0 Å². The molecule has 0 spiro atoms. The number of aryl methyl sites for hydroxylation is 1. The quantitative estimate of drug-likeness (QED) is 0.857. The molecule has 0 aliphatic rings. The van der Waals surface area contributed by atoms with E-state index in [1.165, 1.54) is 0 Å². The van der Waals surface area contributed by atoms with Crippen LogP contribution in [0, 0.1) is 5.92 Å². The van der Waals surface area contributed by atoms with E-state index in [0.29, 0.717) is 5.52 Å². The Morgan fingerprint density at radius 3 is 2.62 bits per heavy atom. The largest absolute Gasteiger partial charge is 0.478 e. The monoisotopic (exact) mass is 290 g/mol. The van der Waals surface area contributed by atoms with Crippen LogP contribution in [0.25, 0.3) is 11.0 Å². The molecule has 0 bridgehead atoms. The zero-order valence-electron chi connectivity index (χ0n) is 12.7. The molecule has 1 aromatic heterocycles. The van der Waals surface area contributed by atoms with Crippen molar-refractivity contribution in [3.05, 3.63) is 29.6 Å². The predicted octanol–water partition coefficient (Wildman–Crippen LogP) is 2.88. The maximum Gasteiger partial charge on any atom is 0.335 e. The van der Waals surface area contributed by atoms with Gasteiger partial charge in [0.25, 0.3) is 0 Å². The summed E-state index contributed by atoms with van der Waals surface area (Å²) in [4.78, 5) is 15.7. The fourth-order valence-corrected chi connectivity index (χ4v) is 2.64. The number of hydrogen-bond donors (Lipinski definition) is 2. The van der Waals surface area contributed by atoms with E-state index in [4.69, 9.17) is 5.11 Å². The van der Waals surface area contributed by atoms with E-state index in [1.54, 1.807) is 18.2 Å². The first-order valence-electron chi connectivity index (χ1n) is 7.34. The van der Waals surface area contributed by atoms with Gasteiger partial charge < -0.3 is 14.8 Å². The lowest BCUT2D eigenvalue weighted by Crippen LogP contribution is -2.21. The molecule has 0 aliphatic carbocycles. The van der Waals surface area contributed by atoms with Gasteiger partial charge in [-0.3, -0.25) is 0 Å². The molecule has 0 saturated carbocycles. The van der Waals surface area contributed by atoms with Gasteiger partial charge in [0, 0.05) is 6.42 Å². The summed E-state index contributed by atoms with van der Waals surface area (Å²) in [6, 6.07) is 4.93. The van der Waals surface area contributed by atoms with Crippen molar-refractivity contribution in [1.29, 1.82) is 0 Å². The predicted molar refractivity (Wildman–Crippen MR) is 81.6 cm³/mol. The second-order valence-electron chi connectivity index (χ2n) is 5.65. The molecule has 1 heterocycles. The summed E-state index contributed by atoms with van der Waals surface area (Å²) >= 11 is 0. The van der Waals surface area contributed by atoms with Crippen LogP contribution in [-0.4, -0.2) is 32.3 Å². The Hall–Kier alpha value is -1.88. The van der Waals surface area contributed by atoms with Crippen molar-refractivity contribution in [3.8, 4) is 0 Å². The smallest absolute Gasteiger partial charge is 0.335 e. The molecule has 0 amide bonds. The minimum absolute atomic E-state index is 0.0422. The molecule has 2 rings (SSSR count). The summed E-state index contributed by atoms with van der Waals surface area (Å²) in [7, 11) is 0.